The number of aryl methyl sites for hydroxylation is 2. The van der Waals surface area contributed by atoms with E-state index in [2.05, 4.69) is 76.4 Å². The number of carbonyl (C=O) groups is 1. The minimum Gasteiger partial charge on any atom is -0.494 e. The van der Waals surface area contributed by atoms with E-state index < -0.39 is 0 Å². The highest BCUT2D eigenvalue weighted by Gasteiger charge is 2.22. The summed E-state index contributed by atoms with van der Waals surface area (Å²) in [6, 6.07) is 10.2. The highest BCUT2D eigenvalue weighted by Crippen LogP contribution is 2.39. The number of methoxy groups -OCH3 is 1. The summed E-state index contributed by atoms with van der Waals surface area (Å²) in [5, 5.41) is 18.1. The molecule has 0 saturated carbocycles. The van der Waals surface area contributed by atoms with Crippen LogP contribution in [-0.4, -0.2) is 74.3 Å². The van der Waals surface area contributed by atoms with Gasteiger partial charge < -0.3 is 34.8 Å². The SMILES string of the molecule is C=CC(=O)Nc1cc(NC(=N/C(=C(\C=C)CO)c2cn3c4c(cccc24)CCC3)C(C)CC)c(OC)cc1N(C)CCN(C)C. The van der Waals surface area contributed by atoms with Crippen LogP contribution in [0.2, 0.25) is 0 Å². The van der Waals surface area contributed by atoms with Gasteiger partial charge in [-0.3, -0.25) is 4.79 Å². The first-order valence-electron chi connectivity index (χ1n) is 15.6. The zero-order chi connectivity index (χ0) is 32.7. The van der Waals surface area contributed by atoms with Crippen molar-refractivity contribution < 1.29 is 14.6 Å². The Morgan fingerprint density at radius 3 is 2.58 bits per heavy atom. The molecule has 2 heterocycles. The van der Waals surface area contributed by atoms with Crippen molar-refractivity contribution in [2.75, 3.05) is 63.5 Å². The average Bonchev–Trinajstić information content (AvgIpc) is 3.42. The summed E-state index contributed by atoms with van der Waals surface area (Å²) in [6.07, 6.45) is 8.04. The first-order chi connectivity index (χ1) is 21.6. The Balaban J connectivity index is 1.87. The molecule has 3 N–H and O–H groups in total. The molecular formula is C36H48N6O3. The second-order valence-corrected chi connectivity index (χ2v) is 11.8. The summed E-state index contributed by atoms with van der Waals surface area (Å²) >= 11 is 0. The second-order valence-electron chi connectivity index (χ2n) is 11.8. The van der Waals surface area contributed by atoms with Crippen molar-refractivity contribution in [2.45, 2.75) is 39.7 Å². The Morgan fingerprint density at radius 1 is 1.16 bits per heavy atom. The molecule has 1 unspecified atom stereocenters. The number of aromatic nitrogens is 1. The van der Waals surface area contributed by atoms with Crippen LogP contribution < -0.4 is 20.3 Å². The molecule has 1 aliphatic rings. The molecule has 0 fully saturated rings. The fourth-order valence-corrected chi connectivity index (χ4v) is 5.60. The van der Waals surface area contributed by atoms with E-state index in [0.717, 1.165) is 55.5 Å². The molecule has 0 bridgehead atoms. The molecular weight excluding hydrogens is 564 g/mol. The number of hydrogen-bond acceptors (Lipinski definition) is 6. The number of nitrogens with one attached hydrogen (secondary N) is 2. The number of aliphatic imine (C=N–C) groups is 1. The first-order valence-corrected chi connectivity index (χ1v) is 15.6. The highest BCUT2D eigenvalue weighted by atomic mass is 16.5. The van der Waals surface area contributed by atoms with Gasteiger partial charge >= 0.3 is 0 Å². The molecule has 1 aromatic heterocycles. The molecule has 45 heavy (non-hydrogen) atoms. The van der Waals surface area contributed by atoms with Gasteiger partial charge in [-0.15, -0.1) is 0 Å². The number of carbonyl (C=O) groups excluding carboxylic acids is 1. The Morgan fingerprint density at radius 2 is 1.93 bits per heavy atom. The smallest absolute Gasteiger partial charge is 0.247 e. The summed E-state index contributed by atoms with van der Waals surface area (Å²) in [4.78, 5) is 22.0. The Kier molecular flexibility index (Phi) is 11.3. The van der Waals surface area contributed by atoms with Crippen molar-refractivity contribution >= 4 is 45.4 Å². The van der Waals surface area contributed by atoms with Gasteiger partial charge in [-0.05, 0) is 51.1 Å². The third-order valence-electron chi connectivity index (χ3n) is 8.43. The number of rotatable bonds is 14. The van der Waals surface area contributed by atoms with Crippen LogP contribution in [0.3, 0.4) is 0 Å². The quantitative estimate of drug-likeness (QED) is 0.0874. The van der Waals surface area contributed by atoms with Crippen LogP contribution in [0.4, 0.5) is 17.1 Å². The zero-order valence-corrected chi connectivity index (χ0v) is 27.6. The number of amidine groups is 1. The van der Waals surface area contributed by atoms with E-state index in [1.807, 2.05) is 33.3 Å². The summed E-state index contributed by atoms with van der Waals surface area (Å²) in [7, 11) is 7.67. The molecule has 1 aliphatic heterocycles. The van der Waals surface area contributed by atoms with Crippen LogP contribution in [-0.2, 0) is 17.8 Å². The van der Waals surface area contributed by atoms with E-state index in [0.29, 0.717) is 34.2 Å². The molecule has 1 amide bonds. The molecule has 240 valence electrons. The minimum atomic E-state index is -0.305. The van der Waals surface area contributed by atoms with Gasteiger partial charge in [0.2, 0.25) is 5.91 Å². The standard InChI is InChI=1S/C36H48N6O3/c1-9-24(4)36(38-30-20-29(37-33(44)11-3)31(21-32(30)45-8)41(7)19-18-40(5)6)39-34(25(10-2)23-43)28-22-42-17-13-15-26-14-12-16-27(28)35(26)42/h10-12,14,16,20-22,24,43H,2-3,9,13,15,17-19,23H2,1,4-8H3,(H,37,44)(H,38,39)/b34-25+. The number of anilines is 3. The maximum atomic E-state index is 12.5. The number of para-hydroxylation sites is 1. The molecule has 0 radical (unpaired) electrons. The molecule has 2 aromatic carbocycles. The summed E-state index contributed by atoms with van der Waals surface area (Å²) in [6.45, 7) is 14.2. The number of benzene rings is 2. The van der Waals surface area contributed by atoms with Crippen molar-refractivity contribution in [3.8, 4) is 5.75 Å². The third kappa shape index (κ3) is 7.49. The molecule has 0 saturated heterocycles. The number of aliphatic hydroxyl groups excluding tert-OH is 1. The lowest BCUT2D eigenvalue weighted by Crippen LogP contribution is -2.29. The van der Waals surface area contributed by atoms with Gasteiger partial charge in [0.05, 0.1) is 42.0 Å². The van der Waals surface area contributed by atoms with Gasteiger partial charge in [-0.2, -0.15) is 0 Å². The monoisotopic (exact) mass is 612 g/mol. The third-order valence-corrected chi connectivity index (χ3v) is 8.43. The average molecular weight is 613 g/mol. The van der Waals surface area contributed by atoms with Crippen molar-refractivity contribution in [2.24, 2.45) is 10.9 Å². The van der Waals surface area contributed by atoms with Crippen LogP contribution in [0, 0.1) is 5.92 Å². The van der Waals surface area contributed by atoms with Gasteiger partial charge in [0.25, 0.3) is 0 Å². The van der Waals surface area contributed by atoms with Crippen LogP contribution in [0.15, 0.2) is 72.4 Å². The Labute approximate surface area is 267 Å². The normalized spacial score (nSPS) is 14.2. The molecule has 9 nitrogen and oxygen atoms in total. The van der Waals surface area contributed by atoms with E-state index in [1.54, 1.807) is 13.2 Å². The van der Waals surface area contributed by atoms with Crippen molar-refractivity contribution in [3.05, 3.63) is 78.5 Å². The lowest BCUT2D eigenvalue weighted by molar-refractivity contribution is -0.111. The molecule has 3 aromatic rings. The van der Waals surface area contributed by atoms with Crippen LogP contribution in [0.25, 0.3) is 16.6 Å². The van der Waals surface area contributed by atoms with Gasteiger partial charge in [0.15, 0.2) is 0 Å². The number of hydrogen-bond donors (Lipinski definition) is 3. The molecule has 0 spiro atoms. The maximum Gasteiger partial charge on any atom is 0.247 e. The molecule has 4 rings (SSSR count). The summed E-state index contributed by atoms with van der Waals surface area (Å²) in [5.74, 6) is 1.04. The van der Waals surface area contributed by atoms with Gasteiger partial charge in [0, 0.05) is 61.4 Å². The number of ether oxygens (including phenoxy) is 1. The number of amides is 1. The predicted octanol–water partition coefficient (Wildman–Crippen LogP) is 6.16. The van der Waals surface area contributed by atoms with E-state index in [4.69, 9.17) is 9.73 Å². The van der Waals surface area contributed by atoms with Gasteiger partial charge in [0.1, 0.15) is 11.6 Å². The van der Waals surface area contributed by atoms with Crippen LogP contribution in [0.1, 0.15) is 37.8 Å². The summed E-state index contributed by atoms with van der Waals surface area (Å²) < 4.78 is 8.18. The second kappa shape index (κ2) is 15.1. The molecule has 9 heteroatoms. The van der Waals surface area contributed by atoms with Crippen LogP contribution in [0.5, 0.6) is 5.75 Å². The number of likely N-dealkylation sites (N-methyl/N-ethyl adjacent to an activating group) is 2. The number of aliphatic hydroxyl groups is 1. The van der Waals surface area contributed by atoms with Gasteiger partial charge in [-0.25, -0.2) is 4.99 Å². The molecule has 0 aliphatic carbocycles. The molecule has 1 atom stereocenters. The topological polar surface area (TPSA) is 94.4 Å². The van der Waals surface area contributed by atoms with E-state index in [1.165, 1.54) is 17.2 Å². The highest BCUT2D eigenvalue weighted by molar-refractivity contribution is 6.06. The van der Waals surface area contributed by atoms with Crippen molar-refractivity contribution in [1.29, 1.82) is 0 Å². The lowest BCUT2D eigenvalue weighted by atomic mass is 10.0. The van der Waals surface area contributed by atoms with Crippen molar-refractivity contribution in [3.63, 3.8) is 0 Å². The van der Waals surface area contributed by atoms with Gasteiger partial charge in [-0.1, -0.05) is 51.3 Å². The minimum absolute atomic E-state index is 0.0303. The van der Waals surface area contributed by atoms with E-state index in [-0.39, 0.29) is 18.4 Å². The fourth-order valence-electron chi connectivity index (χ4n) is 5.60. The van der Waals surface area contributed by atoms with Crippen molar-refractivity contribution in [1.82, 2.24) is 9.47 Å². The number of nitrogens with zero attached hydrogens (tertiary/aromatic N) is 4. The first kappa shape index (κ1) is 33.6. The Bertz CT molecular complexity index is 1620. The predicted molar refractivity (Wildman–Crippen MR) is 189 cm³/mol. The van der Waals surface area contributed by atoms with E-state index in [9.17, 15) is 9.90 Å². The Hall–Kier alpha value is -4.34. The largest absolute Gasteiger partial charge is 0.494 e. The fraction of sp³-hybridized carbons (Fsp3) is 0.389. The zero-order valence-electron chi connectivity index (χ0n) is 27.6. The van der Waals surface area contributed by atoms with E-state index >= 15 is 0 Å². The van der Waals surface area contributed by atoms with Crippen LogP contribution >= 0.6 is 0 Å². The maximum absolute atomic E-state index is 12.5. The summed E-state index contributed by atoms with van der Waals surface area (Å²) in [5.41, 5.74) is 6.94. The lowest BCUT2D eigenvalue weighted by Gasteiger charge is -2.26.